The molecule has 0 aliphatic rings. The monoisotopic (exact) mass is 321 g/mol. The van der Waals surface area contributed by atoms with Crippen LogP contribution in [-0.2, 0) is 6.54 Å². The number of hydrogen-bond donors (Lipinski definition) is 1. The van der Waals surface area contributed by atoms with Crippen molar-refractivity contribution < 1.29 is 9.47 Å². The Labute approximate surface area is 139 Å². The lowest BCUT2D eigenvalue weighted by atomic mass is 10.2. The van der Waals surface area contributed by atoms with Crippen LogP contribution < -0.4 is 9.47 Å². The Hall–Kier alpha value is -2.95. The first-order valence-corrected chi connectivity index (χ1v) is 7.95. The van der Waals surface area contributed by atoms with Gasteiger partial charge < -0.3 is 19.0 Å². The van der Waals surface area contributed by atoms with Crippen molar-refractivity contribution in [2.75, 3.05) is 14.2 Å². The van der Waals surface area contributed by atoms with Crippen molar-refractivity contribution in [3.05, 3.63) is 42.6 Å². The fourth-order valence-electron chi connectivity index (χ4n) is 3.16. The predicted molar refractivity (Wildman–Crippen MR) is 95.8 cm³/mol. The zero-order valence-electron chi connectivity index (χ0n) is 14.0. The minimum absolute atomic E-state index is 0.680. The number of aromatic amines is 1. The fourth-order valence-corrected chi connectivity index (χ4v) is 3.16. The van der Waals surface area contributed by atoms with Gasteiger partial charge in [0.15, 0.2) is 11.5 Å². The number of hydrogen-bond acceptors (Lipinski definition) is 3. The molecule has 0 saturated heterocycles. The lowest BCUT2D eigenvalue weighted by molar-refractivity contribution is 0.356. The standard InChI is InChI=1S/C19H19N3O2/c1-4-22-11-13(12-7-5-6-8-16(12)22)19-20-14-9-17(23-2)18(24-3)10-15(14)21-19/h5-11H,4H2,1-3H3,(H,20,21). The summed E-state index contributed by atoms with van der Waals surface area (Å²) in [5, 5.41) is 1.19. The van der Waals surface area contributed by atoms with Gasteiger partial charge in [-0.25, -0.2) is 4.98 Å². The van der Waals surface area contributed by atoms with Crippen molar-refractivity contribution in [1.82, 2.24) is 14.5 Å². The Balaban J connectivity index is 1.94. The normalized spacial score (nSPS) is 11.3. The quantitative estimate of drug-likeness (QED) is 0.612. The molecule has 0 atom stereocenters. The molecule has 5 heteroatoms. The average Bonchev–Trinajstić information content (AvgIpc) is 3.20. The number of aryl methyl sites for hydroxylation is 1. The molecule has 0 aliphatic heterocycles. The lowest BCUT2D eigenvalue weighted by Gasteiger charge is -2.06. The molecule has 0 radical (unpaired) electrons. The minimum atomic E-state index is 0.680. The Kier molecular flexibility index (Phi) is 3.41. The van der Waals surface area contributed by atoms with Gasteiger partial charge in [-0.05, 0) is 13.0 Å². The molecule has 0 fully saturated rings. The molecule has 5 nitrogen and oxygen atoms in total. The van der Waals surface area contributed by atoms with Crippen LogP contribution in [0.1, 0.15) is 6.92 Å². The van der Waals surface area contributed by atoms with E-state index in [1.54, 1.807) is 14.2 Å². The van der Waals surface area contributed by atoms with Gasteiger partial charge in [0, 0.05) is 41.3 Å². The smallest absolute Gasteiger partial charge is 0.163 e. The predicted octanol–water partition coefficient (Wildman–Crippen LogP) is 4.22. The summed E-state index contributed by atoms with van der Waals surface area (Å²) < 4.78 is 13.0. The number of fused-ring (bicyclic) bond motifs is 2. The maximum Gasteiger partial charge on any atom is 0.163 e. The van der Waals surface area contributed by atoms with Crippen LogP contribution in [0.15, 0.2) is 42.6 Å². The fraction of sp³-hybridized carbons (Fsp3) is 0.211. The van der Waals surface area contributed by atoms with Crippen LogP contribution in [0.4, 0.5) is 0 Å². The number of aromatic nitrogens is 3. The number of benzene rings is 2. The molecule has 2 aromatic heterocycles. The molecule has 2 aromatic carbocycles. The van der Waals surface area contributed by atoms with Crippen LogP contribution in [-0.4, -0.2) is 28.8 Å². The van der Waals surface area contributed by atoms with Gasteiger partial charge in [0.1, 0.15) is 5.82 Å². The van der Waals surface area contributed by atoms with Gasteiger partial charge in [-0.1, -0.05) is 18.2 Å². The van der Waals surface area contributed by atoms with Crippen molar-refractivity contribution in [1.29, 1.82) is 0 Å². The van der Waals surface area contributed by atoms with Gasteiger partial charge in [0.25, 0.3) is 0 Å². The highest BCUT2D eigenvalue weighted by Crippen LogP contribution is 2.34. The first-order valence-electron chi connectivity index (χ1n) is 7.95. The summed E-state index contributed by atoms with van der Waals surface area (Å²) in [6.45, 7) is 3.06. The van der Waals surface area contributed by atoms with Crippen LogP contribution in [0, 0.1) is 0 Å². The third-order valence-corrected chi connectivity index (χ3v) is 4.37. The first kappa shape index (κ1) is 14.6. The highest BCUT2D eigenvalue weighted by atomic mass is 16.5. The van der Waals surface area contributed by atoms with E-state index in [9.17, 15) is 0 Å². The third kappa shape index (κ3) is 2.12. The second-order valence-corrected chi connectivity index (χ2v) is 5.66. The van der Waals surface area contributed by atoms with E-state index in [-0.39, 0.29) is 0 Å². The second-order valence-electron chi connectivity index (χ2n) is 5.66. The Morgan fingerprint density at radius 2 is 1.83 bits per heavy atom. The van der Waals surface area contributed by atoms with E-state index in [2.05, 4.69) is 46.9 Å². The first-order chi connectivity index (χ1) is 11.7. The lowest BCUT2D eigenvalue weighted by Crippen LogP contribution is -1.89. The zero-order valence-corrected chi connectivity index (χ0v) is 14.0. The number of nitrogens with zero attached hydrogens (tertiary/aromatic N) is 2. The van der Waals surface area contributed by atoms with Crippen LogP contribution in [0.25, 0.3) is 33.3 Å². The molecule has 4 aromatic rings. The molecule has 0 aliphatic carbocycles. The summed E-state index contributed by atoms with van der Waals surface area (Å²) in [6, 6.07) is 12.2. The number of para-hydroxylation sites is 1. The van der Waals surface area contributed by atoms with Crippen LogP contribution >= 0.6 is 0 Å². The van der Waals surface area contributed by atoms with E-state index in [1.807, 2.05) is 12.1 Å². The molecule has 0 spiro atoms. The van der Waals surface area contributed by atoms with E-state index in [0.29, 0.717) is 11.5 Å². The van der Waals surface area contributed by atoms with Gasteiger partial charge in [0.05, 0.1) is 25.3 Å². The van der Waals surface area contributed by atoms with Crippen molar-refractivity contribution in [2.24, 2.45) is 0 Å². The Morgan fingerprint density at radius 1 is 1.08 bits per heavy atom. The number of ether oxygens (including phenoxy) is 2. The van der Waals surface area contributed by atoms with Gasteiger partial charge in [-0.3, -0.25) is 0 Å². The van der Waals surface area contributed by atoms with Crippen molar-refractivity contribution in [3.63, 3.8) is 0 Å². The van der Waals surface area contributed by atoms with Crippen LogP contribution in [0.5, 0.6) is 11.5 Å². The van der Waals surface area contributed by atoms with Crippen LogP contribution in [0.2, 0.25) is 0 Å². The SMILES string of the molecule is CCn1cc(-c2nc3cc(OC)c(OC)cc3[nH]2)c2ccccc21. The van der Waals surface area contributed by atoms with Crippen molar-refractivity contribution >= 4 is 21.9 Å². The summed E-state index contributed by atoms with van der Waals surface area (Å²) in [5.74, 6) is 2.22. The zero-order chi connectivity index (χ0) is 16.7. The highest BCUT2D eigenvalue weighted by Gasteiger charge is 2.15. The van der Waals surface area contributed by atoms with Gasteiger partial charge >= 0.3 is 0 Å². The second kappa shape index (κ2) is 5.60. The summed E-state index contributed by atoms with van der Waals surface area (Å²) in [4.78, 5) is 8.17. The molecule has 0 saturated carbocycles. The number of rotatable bonds is 4. The summed E-state index contributed by atoms with van der Waals surface area (Å²) in [7, 11) is 3.27. The maximum absolute atomic E-state index is 5.37. The van der Waals surface area contributed by atoms with Gasteiger partial charge in [-0.15, -0.1) is 0 Å². The van der Waals surface area contributed by atoms with Gasteiger partial charge in [0.2, 0.25) is 0 Å². The molecule has 1 N–H and O–H groups in total. The summed E-state index contributed by atoms with van der Waals surface area (Å²) in [5.41, 5.74) is 4.10. The molecule has 4 rings (SSSR count). The third-order valence-electron chi connectivity index (χ3n) is 4.37. The molecule has 24 heavy (non-hydrogen) atoms. The largest absolute Gasteiger partial charge is 0.493 e. The molecule has 0 bridgehead atoms. The minimum Gasteiger partial charge on any atom is -0.493 e. The topological polar surface area (TPSA) is 52.1 Å². The summed E-state index contributed by atoms with van der Waals surface area (Å²) >= 11 is 0. The van der Waals surface area contributed by atoms with E-state index >= 15 is 0 Å². The number of H-pyrrole nitrogens is 1. The molecular weight excluding hydrogens is 302 g/mol. The van der Waals surface area contributed by atoms with Crippen molar-refractivity contribution in [2.45, 2.75) is 13.5 Å². The number of imidazole rings is 1. The molecule has 2 heterocycles. The number of nitrogens with one attached hydrogen (secondary N) is 1. The van der Waals surface area contributed by atoms with E-state index in [0.717, 1.165) is 29.0 Å². The molecule has 122 valence electrons. The number of methoxy groups -OCH3 is 2. The Morgan fingerprint density at radius 3 is 2.58 bits per heavy atom. The molecular formula is C19H19N3O2. The molecule has 0 unspecified atom stereocenters. The summed E-state index contributed by atoms with van der Waals surface area (Å²) in [6.07, 6.45) is 2.15. The Bertz CT molecular complexity index is 989. The molecule has 0 amide bonds. The maximum atomic E-state index is 5.37. The highest BCUT2D eigenvalue weighted by molar-refractivity contribution is 5.96. The van der Waals surface area contributed by atoms with Crippen LogP contribution in [0.3, 0.4) is 0 Å². The van der Waals surface area contributed by atoms with E-state index in [4.69, 9.17) is 14.5 Å². The van der Waals surface area contributed by atoms with E-state index < -0.39 is 0 Å². The average molecular weight is 321 g/mol. The van der Waals surface area contributed by atoms with Gasteiger partial charge in [-0.2, -0.15) is 0 Å². The van der Waals surface area contributed by atoms with Crippen molar-refractivity contribution in [3.8, 4) is 22.9 Å². The van der Waals surface area contributed by atoms with E-state index in [1.165, 1.54) is 10.9 Å².